The maximum Gasteiger partial charge on any atom is 0.222 e. The van der Waals surface area contributed by atoms with Crippen molar-refractivity contribution >= 4 is 34.2 Å². The Morgan fingerprint density at radius 3 is 3.05 bits per heavy atom. The third-order valence-electron chi connectivity index (χ3n) is 3.80. The van der Waals surface area contributed by atoms with Crippen molar-refractivity contribution in [1.82, 2.24) is 14.9 Å². The number of anilines is 1. The van der Waals surface area contributed by atoms with E-state index in [9.17, 15) is 4.79 Å². The predicted molar refractivity (Wildman–Crippen MR) is 80.0 cm³/mol. The van der Waals surface area contributed by atoms with Crippen LogP contribution in [0.3, 0.4) is 0 Å². The first-order valence-corrected chi connectivity index (χ1v) is 7.09. The largest absolute Gasteiger partial charge is 0.356 e. The zero-order valence-corrected chi connectivity index (χ0v) is 12.3. The van der Waals surface area contributed by atoms with Crippen LogP contribution in [0.5, 0.6) is 0 Å². The second-order valence-electron chi connectivity index (χ2n) is 5.29. The highest BCUT2D eigenvalue weighted by molar-refractivity contribution is 6.36. The lowest BCUT2D eigenvalue weighted by molar-refractivity contribution is -0.114. The molecule has 2 aromatic rings. The molecule has 1 aliphatic heterocycles. The third kappa shape index (κ3) is 2.27. The number of halogens is 1. The normalized spacial score (nSPS) is 19.6. The van der Waals surface area contributed by atoms with Crippen molar-refractivity contribution in [3.63, 3.8) is 0 Å². The molecule has 0 saturated carbocycles. The van der Waals surface area contributed by atoms with Crippen LogP contribution < -0.4 is 5.32 Å². The monoisotopic (exact) mass is 292 g/mol. The molecule has 6 heteroatoms. The number of nitrogens with zero attached hydrogens (tertiary/aromatic N) is 2. The van der Waals surface area contributed by atoms with Crippen LogP contribution in [0, 0.1) is 0 Å². The van der Waals surface area contributed by atoms with Gasteiger partial charge in [0.05, 0.1) is 22.3 Å². The minimum Gasteiger partial charge on any atom is -0.356 e. The summed E-state index contributed by atoms with van der Waals surface area (Å²) in [4.78, 5) is 21.0. The topological polar surface area (TPSA) is 61.0 Å². The lowest BCUT2D eigenvalue weighted by Gasteiger charge is -2.18. The Labute approximate surface area is 122 Å². The van der Waals surface area contributed by atoms with E-state index in [0.29, 0.717) is 11.9 Å². The van der Waals surface area contributed by atoms with Crippen molar-refractivity contribution in [2.45, 2.75) is 25.8 Å². The molecule has 0 aliphatic carbocycles. The van der Waals surface area contributed by atoms with Crippen LogP contribution in [0.4, 0.5) is 5.82 Å². The Kier molecular flexibility index (Phi) is 3.40. The number of rotatable bonds is 2. The first-order valence-electron chi connectivity index (χ1n) is 6.71. The molecule has 20 heavy (non-hydrogen) atoms. The molecule has 2 aromatic heterocycles. The van der Waals surface area contributed by atoms with Gasteiger partial charge >= 0.3 is 0 Å². The number of fused-ring (bicyclic) bond motifs is 1. The van der Waals surface area contributed by atoms with Crippen molar-refractivity contribution in [3.8, 4) is 0 Å². The van der Waals surface area contributed by atoms with Crippen molar-refractivity contribution < 1.29 is 4.79 Å². The zero-order valence-electron chi connectivity index (χ0n) is 11.5. The number of likely N-dealkylation sites (tertiary alicyclic amines) is 1. The number of amides is 1. The van der Waals surface area contributed by atoms with E-state index in [2.05, 4.69) is 27.2 Å². The van der Waals surface area contributed by atoms with E-state index >= 15 is 0 Å². The van der Waals surface area contributed by atoms with Gasteiger partial charge in [0.1, 0.15) is 5.82 Å². The van der Waals surface area contributed by atoms with Gasteiger partial charge in [0.15, 0.2) is 0 Å². The summed E-state index contributed by atoms with van der Waals surface area (Å²) in [5.41, 5.74) is 1.95. The summed E-state index contributed by atoms with van der Waals surface area (Å²) < 4.78 is 0. The van der Waals surface area contributed by atoms with Crippen LogP contribution in [-0.2, 0) is 4.79 Å². The maximum atomic E-state index is 11.1. The molecule has 0 bridgehead atoms. The lowest BCUT2D eigenvalue weighted by Crippen LogP contribution is -2.17. The van der Waals surface area contributed by atoms with E-state index in [-0.39, 0.29) is 5.91 Å². The van der Waals surface area contributed by atoms with Gasteiger partial charge in [-0.25, -0.2) is 4.98 Å². The maximum absolute atomic E-state index is 11.1. The molecule has 0 spiro atoms. The molecular weight excluding hydrogens is 276 g/mol. The number of H-pyrrole nitrogens is 1. The molecule has 1 atom stereocenters. The van der Waals surface area contributed by atoms with E-state index in [4.69, 9.17) is 11.6 Å². The summed E-state index contributed by atoms with van der Waals surface area (Å²) >= 11 is 6.48. The molecular formula is C14H17ClN4O. The molecule has 1 amide bonds. The average Bonchev–Trinajstić information content (AvgIpc) is 2.93. The SMILES string of the molecule is CC(=O)Nc1cc2[nH]c(C3CCCN3C)c(Cl)c2cn1. The van der Waals surface area contributed by atoms with Gasteiger partial charge < -0.3 is 10.3 Å². The van der Waals surface area contributed by atoms with E-state index in [0.717, 1.165) is 34.6 Å². The number of carbonyl (C=O) groups is 1. The predicted octanol–water partition coefficient (Wildman–Crippen LogP) is 2.94. The van der Waals surface area contributed by atoms with E-state index in [1.807, 2.05) is 6.07 Å². The second-order valence-corrected chi connectivity index (χ2v) is 5.67. The highest BCUT2D eigenvalue weighted by atomic mass is 35.5. The molecule has 106 valence electrons. The summed E-state index contributed by atoms with van der Waals surface area (Å²) in [7, 11) is 2.11. The first-order chi connectivity index (χ1) is 9.56. The minimum atomic E-state index is -0.134. The molecule has 3 heterocycles. The van der Waals surface area contributed by atoms with Crippen LogP contribution >= 0.6 is 11.6 Å². The van der Waals surface area contributed by atoms with Gasteiger partial charge in [-0.15, -0.1) is 0 Å². The van der Waals surface area contributed by atoms with Crippen LogP contribution in [0.25, 0.3) is 10.9 Å². The summed E-state index contributed by atoms with van der Waals surface area (Å²) in [6.07, 6.45) is 4.00. The Bertz CT molecular complexity index is 666. The molecule has 3 rings (SSSR count). The Morgan fingerprint density at radius 1 is 1.60 bits per heavy atom. The number of hydrogen-bond donors (Lipinski definition) is 2. The van der Waals surface area contributed by atoms with E-state index in [1.54, 1.807) is 6.20 Å². The van der Waals surface area contributed by atoms with Crippen LogP contribution in [0.2, 0.25) is 5.02 Å². The van der Waals surface area contributed by atoms with Gasteiger partial charge in [-0.3, -0.25) is 9.69 Å². The quantitative estimate of drug-likeness (QED) is 0.894. The van der Waals surface area contributed by atoms with Gasteiger partial charge in [0.2, 0.25) is 5.91 Å². The molecule has 5 nitrogen and oxygen atoms in total. The number of aromatic amines is 1. The van der Waals surface area contributed by atoms with E-state index in [1.165, 1.54) is 13.3 Å². The Morgan fingerprint density at radius 2 is 2.40 bits per heavy atom. The zero-order chi connectivity index (χ0) is 14.3. The summed E-state index contributed by atoms with van der Waals surface area (Å²) in [6, 6.07) is 2.15. The van der Waals surface area contributed by atoms with Crippen molar-refractivity contribution in [3.05, 3.63) is 23.0 Å². The van der Waals surface area contributed by atoms with Gasteiger partial charge in [-0.2, -0.15) is 0 Å². The number of pyridine rings is 1. The lowest BCUT2D eigenvalue weighted by atomic mass is 10.1. The number of aromatic nitrogens is 2. The van der Waals surface area contributed by atoms with Crippen LogP contribution in [0.15, 0.2) is 12.3 Å². The fourth-order valence-electron chi connectivity index (χ4n) is 2.83. The first kappa shape index (κ1) is 13.4. The van der Waals surface area contributed by atoms with Crippen molar-refractivity contribution in [2.75, 3.05) is 18.9 Å². The standard InChI is InChI=1S/C14H17ClN4O/c1-8(20)17-12-6-10-9(7-16-12)13(15)14(18-10)11-4-3-5-19(11)2/h6-7,11,18H,3-5H2,1-2H3,(H,16,17,20). The van der Waals surface area contributed by atoms with E-state index < -0.39 is 0 Å². The Hall–Kier alpha value is -1.59. The molecule has 1 unspecified atom stereocenters. The summed E-state index contributed by atoms with van der Waals surface area (Å²) in [5.74, 6) is 0.402. The molecule has 2 N–H and O–H groups in total. The highest BCUT2D eigenvalue weighted by Gasteiger charge is 2.27. The smallest absolute Gasteiger partial charge is 0.222 e. The molecule has 0 radical (unpaired) electrons. The average molecular weight is 293 g/mol. The number of nitrogens with one attached hydrogen (secondary N) is 2. The van der Waals surface area contributed by atoms with Gasteiger partial charge in [0, 0.05) is 24.6 Å². The van der Waals surface area contributed by atoms with Gasteiger partial charge in [-0.05, 0) is 26.4 Å². The Balaban J connectivity index is 2.02. The van der Waals surface area contributed by atoms with Crippen LogP contribution in [0.1, 0.15) is 31.5 Å². The highest BCUT2D eigenvalue weighted by Crippen LogP contribution is 2.38. The molecule has 0 aromatic carbocycles. The number of hydrogen-bond acceptors (Lipinski definition) is 3. The van der Waals surface area contributed by atoms with Crippen LogP contribution in [-0.4, -0.2) is 34.4 Å². The van der Waals surface area contributed by atoms with Crippen molar-refractivity contribution in [2.24, 2.45) is 0 Å². The summed E-state index contributed by atoms with van der Waals surface area (Å²) in [5, 5.41) is 4.32. The molecule has 1 fully saturated rings. The molecule has 1 saturated heterocycles. The second kappa shape index (κ2) is 5.07. The third-order valence-corrected chi connectivity index (χ3v) is 4.21. The number of carbonyl (C=O) groups excluding carboxylic acids is 1. The van der Waals surface area contributed by atoms with Gasteiger partial charge in [-0.1, -0.05) is 11.6 Å². The molecule has 1 aliphatic rings. The minimum absolute atomic E-state index is 0.134. The van der Waals surface area contributed by atoms with Gasteiger partial charge in [0.25, 0.3) is 0 Å². The van der Waals surface area contributed by atoms with Crippen molar-refractivity contribution in [1.29, 1.82) is 0 Å². The summed E-state index contributed by atoms with van der Waals surface area (Å²) in [6.45, 7) is 2.55. The fourth-order valence-corrected chi connectivity index (χ4v) is 3.16. The fraction of sp³-hybridized carbons (Fsp3) is 0.429.